The highest BCUT2D eigenvalue weighted by molar-refractivity contribution is 6.05. The zero-order valence-electron chi connectivity index (χ0n) is 19.4. The fourth-order valence-electron chi connectivity index (χ4n) is 4.07. The molecule has 1 fully saturated rings. The first-order valence-corrected chi connectivity index (χ1v) is 11.4. The highest BCUT2D eigenvalue weighted by Gasteiger charge is 2.29. The third-order valence-corrected chi connectivity index (χ3v) is 6.07. The first-order chi connectivity index (χ1) is 16.4. The molecule has 1 aliphatic rings. The molecule has 1 aromatic heterocycles. The van der Waals surface area contributed by atoms with E-state index in [0.29, 0.717) is 36.6 Å². The lowest BCUT2D eigenvalue weighted by atomic mass is 10.1. The van der Waals surface area contributed by atoms with E-state index in [0.717, 1.165) is 11.4 Å². The summed E-state index contributed by atoms with van der Waals surface area (Å²) in [5.74, 6) is 0.514. The lowest BCUT2D eigenvalue weighted by Crippen LogP contribution is -2.57. The van der Waals surface area contributed by atoms with E-state index in [1.54, 1.807) is 24.4 Å². The Kier molecular flexibility index (Phi) is 6.96. The number of para-hydroxylation sites is 2. The SMILES string of the molecule is C[C@@H](NC(=O)N1CCN(c2ccc(C(=O)Nc3ccccc3N)cn2)C[C@@H]1C)c1ccccc1. The Labute approximate surface area is 199 Å². The Morgan fingerprint density at radius 3 is 2.44 bits per heavy atom. The van der Waals surface area contributed by atoms with Crippen molar-refractivity contribution in [3.8, 4) is 0 Å². The van der Waals surface area contributed by atoms with Crippen LogP contribution < -0.4 is 21.3 Å². The minimum atomic E-state index is -0.264. The van der Waals surface area contributed by atoms with Crippen molar-refractivity contribution in [2.24, 2.45) is 0 Å². The van der Waals surface area contributed by atoms with Gasteiger partial charge in [0.05, 0.1) is 23.0 Å². The number of nitrogens with zero attached hydrogens (tertiary/aromatic N) is 3. The number of aromatic nitrogens is 1. The molecule has 34 heavy (non-hydrogen) atoms. The zero-order valence-corrected chi connectivity index (χ0v) is 19.4. The Morgan fingerprint density at radius 2 is 1.76 bits per heavy atom. The summed E-state index contributed by atoms with van der Waals surface area (Å²) in [7, 11) is 0. The standard InChI is InChI=1S/C26H30N6O2/c1-18-17-31(14-15-32(18)26(34)29-19(2)20-8-4-3-5-9-20)24-13-12-21(16-28-24)25(33)30-23-11-7-6-10-22(23)27/h3-13,16,18-19H,14-15,17,27H2,1-2H3,(H,29,34)(H,30,33)/t18-,19+/m0/s1. The number of nitrogen functional groups attached to an aromatic ring is 1. The van der Waals surface area contributed by atoms with Gasteiger partial charge in [-0.1, -0.05) is 42.5 Å². The van der Waals surface area contributed by atoms with E-state index in [-0.39, 0.29) is 24.0 Å². The molecule has 0 bridgehead atoms. The van der Waals surface area contributed by atoms with Gasteiger partial charge in [0.15, 0.2) is 0 Å². The molecule has 0 aliphatic carbocycles. The van der Waals surface area contributed by atoms with Gasteiger partial charge in [-0.25, -0.2) is 9.78 Å². The molecule has 1 aliphatic heterocycles. The second kappa shape index (κ2) is 10.2. The number of anilines is 3. The number of carbonyl (C=O) groups excluding carboxylic acids is 2. The van der Waals surface area contributed by atoms with Gasteiger partial charge in [0, 0.05) is 31.9 Å². The number of nitrogens with two attached hydrogens (primary N) is 1. The maximum absolute atomic E-state index is 12.9. The summed E-state index contributed by atoms with van der Waals surface area (Å²) in [6.07, 6.45) is 1.56. The molecule has 0 saturated carbocycles. The third-order valence-electron chi connectivity index (χ3n) is 6.07. The summed E-state index contributed by atoms with van der Waals surface area (Å²) in [6, 6.07) is 20.5. The fourth-order valence-corrected chi connectivity index (χ4v) is 4.07. The molecule has 2 aromatic carbocycles. The number of rotatable bonds is 5. The Morgan fingerprint density at radius 1 is 1.03 bits per heavy atom. The highest BCUT2D eigenvalue weighted by atomic mass is 16.2. The number of hydrogen-bond donors (Lipinski definition) is 3. The molecule has 1 saturated heterocycles. The topological polar surface area (TPSA) is 104 Å². The number of carbonyl (C=O) groups is 2. The number of hydrogen-bond acceptors (Lipinski definition) is 5. The van der Waals surface area contributed by atoms with Crippen LogP contribution in [-0.2, 0) is 0 Å². The van der Waals surface area contributed by atoms with Crippen LogP contribution in [0.2, 0.25) is 0 Å². The number of pyridine rings is 1. The molecule has 4 rings (SSSR count). The molecule has 0 spiro atoms. The molecule has 0 radical (unpaired) electrons. The average Bonchev–Trinajstić information content (AvgIpc) is 2.86. The van der Waals surface area contributed by atoms with E-state index in [1.165, 1.54) is 0 Å². The minimum absolute atomic E-state index is 0.0163. The summed E-state index contributed by atoms with van der Waals surface area (Å²) in [5, 5.41) is 5.90. The first-order valence-electron chi connectivity index (χ1n) is 11.4. The van der Waals surface area contributed by atoms with Crippen molar-refractivity contribution < 1.29 is 9.59 Å². The van der Waals surface area contributed by atoms with Crippen LogP contribution >= 0.6 is 0 Å². The normalized spacial score (nSPS) is 16.6. The molecular formula is C26H30N6O2. The molecule has 8 nitrogen and oxygen atoms in total. The van der Waals surface area contributed by atoms with Crippen molar-refractivity contribution >= 4 is 29.1 Å². The van der Waals surface area contributed by atoms with Crippen molar-refractivity contribution in [3.63, 3.8) is 0 Å². The van der Waals surface area contributed by atoms with Crippen LogP contribution in [0.1, 0.15) is 35.8 Å². The maximum atomic E-state index is 12.9. The van der Waals surface area contributed by atoms with Crippen LogP contribution in [0.3, 0.4) is 0 Å². The van der Waals surface area contributed by atoms with Gasteiger partial charge in [-0.2, -0.15) is 0 Å². The second-order valence-corrected chi connectivity index (χ2v) is 8.52. The van der Waals surface area contributed by atoms with Crippen LogP contribution in [0.15, 0.2) is 72.9 Å². The molecule has 8 heteroatoms. The predicted molar refractivity (Wildman–Crippen MR) is 135 cm³/mol. The Hall–Kier alpha value is -4.07. The summed E-state index contributed by atoms with van der Waals surface area (Å²) in [4.78, 5) is 33.9. The van der Waals surface area contributed by atoms with Gasteiger partial charge in [-0.15, -0.1) is 0 Å². The lowest BCUT2D eigenvalue weighted by Gasteiger charge is -2.40. The first kappa shape index (κ1) is 23.1. The highest BCUT2D eigenvalue weighted by Crippen LogP contribution is 2.21. The van der Waals surface area contributed by atoms with E-state index in [9.17, 15) is 9.59 Å². The van der Waals surface area contributed by atoms with E-state index >= 15 is 0 Å². The largest absolute Gasteiger partial charge is 0.397 e. The van der Waals surface area contributed by atoms with Crippen molar-refractivity contribution in [2.75, 3.05) is 35.6 Å². The Balaban J connectivity index is 1.33. The van der Waals surface area contributed by atoms with E-state index < -0.39 is 0 Å². The fraction of sp³-hybridized carbons (Fsp3) is 0.269. The van der Waals surface area contributed by atoms with Crippen LogP contribution in [0.25, 0.3) is 0 Å². The number of benzene rings is 2. The lowest BCUT2D eigenvalue weighted by molar-refractivity contribution is 0.102. The van der Waals surface area contributed by atoms with E-state index in [1.807, 2.05) is 67.3 Å². The molecule has 4 N–H and O–H groups in total. The number of nitrogens with one attached hydrogen (secondary N) is 2. The van der Waals surface area contributed by atoms with Crippen molar-refractivity contribution in [2.45, 2.75) is 25.9 Å². The summed E-state index contributed by atoms with van der Waals surface area (Å²) in [6.45, 7) is 5.93. The van der Waals surface area contributed by atoms with Gasteiger partial charge in [0.25, 0.3) is 5.91 Å². The Bertz CT molecular complexity index is 1140. The van der Waals surface area contributed by atoms with Crippen LogP contribution in [0, 0.1) is 0 Å². The summed E-state index contributed by atoms with van der Waals surface area (Å²) >= 11 is 0. The van der Waals surface area contributed by atoms with Gasteiger partial charge in [-0.3, -0.25) is 4.79 Å². The maximum Gasteiger partial charge on any atom is 0.318 e. The molecule has 0 unspecified atom stereocenters. The predicted octanol–water partition coefficient (Wildman–Crippen LogP) is 3.90. The van der Waals surface area contributed by atoms with Crippen molar-refractivity contribution in [3.05, 3.63) is 84.1 Å². The van der Waals surface area contributed by atoms with E-state index in [4.69, 9.17) is 5.73 Å². The van der Waals surface area contributed by atoms with E-state index in [2.05, 4.69) is 20.5 Å². The van der Waals surface area contributed by atoms with Crippen LogP contribution in [0.4, 0.5) is 22.0 Å². The van der Waals surface area contributed by atoms with Gasteiger partial charge in [-0.05, 0) is 43.7 Å². The molecule has 3 aromatic rings. The smallest absolute Gasteiger partial charge is 0.318 e. The van der Waals surface area contributed by atoms with Crippen LogP contribution in [-0.4, -0.2) is 47.5 Å². The summed E-state index contributed by atoms with van der Waals surface area (Å²) < 4.78 is 0. The molecular weight excluding hydrogens is 428 g/mol. The average molecular weight is 459 g/mol. The van der Waals surface area contributed by atoms with Crippen LogP contribution in [0.5, 0.6) is 0 Å². The van der Waals surface area contributed by atoms with Gasteiger partial charge >= 0.3 is 6.03 Å². The number of urea groups is 1. The van der Waals surface area contributed by atoms with Crippen molar-refractivity contribution in [1.82, 2.24) is 15.2 Å². The van der Waals surface area contributed by atoms with Gasteiger partial charge < -0.3 is 26.2 Å². The number of amides is 3. The van der Waals surface area contributed by atoms with Crippen molar-refractivity contribution in [1.29, 1.82) is 0 Å². The van der Waals surface area contributed by atoms with Gasteiger partial charge in [0.2, 0.25) is 0 Å². The molecule has 176 valence electrons. The van der Waals surface area contributed by atoms with Gasteiger partial charge in [0.1, 0.15) is 5.82 Å². The summed E-state index contributed by atoms with van der Waals surface area (Å²) in [5.41, 5.74) is 8.51. The zero-order chi connectivity index (χ0) is 24.1. The number of piperazine rings is 1. The molecule has 2 heterocycles. The molecule has 3 amide bonds. The minimum Gasteiger partial charge on any atom is -0.397 e. The second-order valence-electron chi connectivity index (χ2n) is 8.52. The monoisotopic (exact) mass is 458 g/mol. The molecule has 2 atom stereocenters. The quantitative estimate of drug-likeness (QED) is 0.503. The third kappa shape index (κ3) is 5.28.